The van der Waals surface area contributed by atoms with E-state index in [-0.39, 0.29) is 5.82 Å². The second-order valence-corrected chi connectivity index (χ2v) is 5.53. The van der Waals surface area contributed by atoms with Gasteiger partial charge in [0.15, 0.2) is 0 Å². The molecule has 1 aromatic rings. The molecule has 0 aliphatic carbocycles. The fourth-order valence-electron chi connectivity index (χ4n) is 1.58. The molecule has 0 saturated carbocycles. The lowest BCUT2D eigenvalue weighted by Crippen LogP contribution is -2.48. The van der Waals surface area contributed by atoms with E-state index < -0.39 is 23.3 Å². The van der Waals surface area contributed by atoms with Gasteiger partial charge in [0.05, 0.1) is 0 Å². The van der Waals surface area contributed by atoms with Gasteiger partial charge in [-0.25, -0.2) is 9.18 Å². The molecule has 0 unspecified atom stereocenters. The third-order valence-electron chi connectivity index (χ3n) is 2.70. The number of carboxylic acids is 1. The van der Waals surface area contributed by atoms with Crippen LogP contribution in [-0.4, -0.2) is 23.0 Å². The number of carboxylic acid groups (broad SMARTS) is 1. The molecule has 0 bridgehead atoms. The summed E-state index contributed by atoms with van der Waals surface area (Å²) in [5.74, 6) is -1.94. The highest BCUT2D eigenvalue weighted by atomic mass is 19.1. The summed E-state index contributed by atoms with van der Waals surface area (Å²) < 4.78 is 12.7. The Hall–Kier alpha value is -2.17. The van der Waals surface area contributed by atoms with Crippen LogP contribution in [0.4, 0.5) is 4.39 Å². The molecule has 1 atom stereocenters. The van der Waals surface area contributed by atoms with Crippen LogP contribution in [0.25, 0.3) is 6.08 Å². The minimum absolute atomic E-state index is 0.356. The van der Waals surface area contributed by atoms with Crippen LogP contribution in [0.2, 0.25) is 0 Å². The average Bonchev–Trinajstić information content (AvgIpc) is 2.33. The Kier molecular flexibility index (Phi) is 5.02. The highest BCUT2D eigenvalue weighted by molar-refractivity contribution is 5.94. The molecule has 0 fully saturated rings. The van der Waals surface area contributed by atoms with Crippen LogP contribution in [0.15, 0.2) is 30.3 Å². The Morgan fingerprint density at radius 2 is 1.80 bits per heavy atom. The largest absolute Gasteiger partial charge is 0.480 e. The summed E-state index contributed by atoms with van der Waals surface area (Å²) in [7, 11) is 0. The molecule has 20 heavy (non-hydrogen) atoms. The second kappa shape index (κ2) is 6.32. The molecule has 0 saturated heterocycles. The molecule has 0 radical (unpaired) electrons. The first-order valence-electron chi connectivity index (χ1n) is 6.17. The van der Waals surface area contributed by atoms with E-state index in [0.717, 1.165) is 0 Å². The summed E-state index contributed by atoms with van der Waals surface area (Å²) in [6.45, 7) is 5.20. The number of carbonyl (C=O) groups excluding carboxylic acids is 1. The highest BCUT2D eigenvalue weighted by Gasteiger charge is 2.31. The predicted molar refractivity (Wildman–Crippen MR) is 74.5 cm³/mol. The normalized spacial score (nSPS) is 13.2. The molecule has 1 rings (SSSR count). The van der Waals surface area contributed by atoms with E-state index in [1.54, 1.807) is 20.8 Å². The number of rotatable bonds is 4. The maximum Gasteiger partial charge on any atom is 0.326 e. The molecular weight excluding hydrogens is 261 g/mol. The number of amides is 1. The van der Waals surface area contributed by atoms with Crippen molar-refractivity contribution in [2.45, 2.75) is 26.8 Å². The number of halogens is 1. The molecular formula is C15H18FNO3. The number of carbonyl (C=O) groups is 2. The maximum absolute atomic E-state index is 12.7. The molecule has 2 N–H and O–H groups in total. The summed E-state index contributed by atoms with van der Waals surface area (Å²) in [6.07, 6.45) is 2.73. The van der Waals surface area contributed by atoms with Crippen molar-refractivity contribution < 1.29 is 19.1 Å². The molecule has 4 nitrogen and oxygen atoms in total. The van der Waals surface area contributed by atoms with Crippen molar-refractivity contribution in [2.24, 2.45) is 5.41 Å². The Balaban J connectivity index is 2.71. The minimum atomic E-state index is -1.08. The van der Waals surface area contributed by atoms with E-state index in [1.165, 1.54) is 36.4 Å². The van der Waals surface area contributed by atoms with Crippen LogP contribution in [0.5, 0.6) is 0 Å². The number of hydrogen-bond donors (Lipinski definition) is 2. The van der Waals surface area contributed by atoms with Crippen LogP contribution in [-0.2, 0) is 9.59 Å². The highest BCUT2D eigenvalue weighted by Crippen LogP contribution is 2.19. The van der Waals surface area contributed by atoms with Crippen molar-refractivity contribution in [3.8, 4) is 0 Å². The van der Waals surface area contributed by atoms with Gasteiger partial charge in [-0.05, 0) is 29.2 Å². The molecule has 0 heterocycles. The standard InChI is InChI=1S/C15H18FNO3/c1-15(2,3)13(14(19)20)17-12(18)9-6-10-4-7-11(16)8-5-10/h4-9,13H,1-3H3,(H,17,18)(H,19,20)/b9-6+/t13-/m1/s1. The maximum atomic E-state index is 12.7. The van der Waals surface area contributed by atoms with E-state index in [2.05, 4.69) is 5.32 Å². The predicted octanol–water partition coefficient (Wildman–Crippen LogP) is 2.45. The lowest BCUT2D eigenvalue weighted by Gasteiger charge is -2.27. The smallest absolute Gasteiger partial charge is 0.326 e. The number of hydrogen-bond acceptors (Lipinski definition) is 2. The van der Waals surface area contributed by atoms with Crippen molar-refractivity contribution in [3.63, 3.8) is 0 Å². The molecule has 1 amide bonds. The monoisotopic (exact) mass is 279 g/mol. The zero-order chi connectivity index (χ0) is 15.3. The van der Waals surface area contributed by atoms with Gasteiger partial charge in [-0.15, -0.1) is 0 Å². The topological polar surface area (TPSA) is 66.4 Å². The SMILES string of the molecule is CC(C)(C)[C@H](NC(=O)/C=C/c1ccc(F)cc1)C(=O)O. The quantitative estimate of drug-likeness (QED) is 0.832. The third-order valence-corrected chi connectivity index (χ3v) is 2.70. The van der Waals surface area contributed by atoms with Gasteiger partial charge >= 0.3 is 5.97 Å². The van der Waals surface area contributed by atoms with Gasteiger partial charge < -0.3 is 10.4 Å². The summed E-state index contributed by atoms with van der Waals surface area (Å²) in [5.41, 5.74) is 0.0646. The lowest BCUT2D eigenvalue weighted by atomic mass is 9.87. The molecule has 0 aromatic heterocycles. The molecule has 0 aliphatic rings. The van der Waals surface area contributed by atoms with Gasteiger partial charge in [0.1, 0.15) is 11.9 Å². The molecule has 0 aliphatic heterocycles. The Morgan fingerprint density at radius 1 is 1.25 bits per heavy atom. The van der Waals surface area contributed by atoms with Crippen molar-refractivity contribution in [3.05, 3.63) is 41.7 Å². The van der Waals surface area contributed by atoms with Crippen molar-refractivity contribution in [1.29, 1.82) is 0 Å². The van der Waals surface area contributed by atoms with Crippen LogP contribution in [0.1, 0.15) is 26.3 Å². The first kappa shape index (κ1) is 15.9. The van der Waals surface area contributed by atoms with Gasteiger partial charge in [-0.3, -0.25) is 4.79 Å². The fourth-order valence-corrected chi connectivity index (χ4v) is 1.58. The summed E-state index contributed by atoms with van der Waals surface area (Å²) in [4.78, 5) is 22.8. The zero-order valence-corrected chi connectivity index (χ0v) is 11.7. The summed E-state index contributed by atoms with van der Waals surface area (Å²) in [6, 6.07) is 4.64. The van der Waals surface area contributed by atoms with Gasteiger partial charge in [-0.1, -0.05) is 32.9 Å². The number of aliphatic carboxylic acids is 1. The summed E-state index contributed by atoms with van der Waals surface area (Å²) >= 11 is 0. The van der Waals surface area contributed by atoms with Crippen LogP contribution in [0.3, 0.4) is 0 Å². The average molecular weight is 279 g/mol. The van der Waals surface area contributed by atoms with Gasteiger partial charge in [0.2, 0.25) is 5.91 Å². The van der Waals surface area contributed by atoms with Gasteiger partial charge in [-0.2, -0.15) is 0 Å². The number of benzene rings is 1. The first-order valence-corrected chi connectivity index (χ1v) is 6.17. The van der Waals surface area contributed by atoms with Crippen LogP contribution in [0, 0.1) is 11.2 Å². The van der Waals surface area contributed by atoms with E-state index in [9.17, 15) is 14.0 Å². The Labute approximate surface area is 117 Å². The molecule has 1 aromatic carbocycles. The zero-order valence-electron chi connectivity index (χ0n) is 11.7. The van der Waals surface area contributed by atoms with E-state index in [4.69, 9.17) is 5.11 Å². The van der Waals surface area contributed by atoms with Crippen LogP contribution < -0.4 is 5.32 Å². The Morgan fingerprint density at radius 3 is 2.25 bits per heavy atom. The molecule has 0 spiro atoms. The first-order chi connectivity index (χ1) is 9.20. The van der Waals surface area contributed by atoms with Crippen LogP contribution >= 0.6 is 0 Å². The number of nitrogens with one attached hydrogen (secondary N) is 1. The van der Waals surface area contributed by atoms with Crippen molar-refractivity contribution in [1.82, 2.24) is 5.32 Å². The van der Waals surface area contributed by atoms with Gasteiger partial charge in [0.25, 0.3) is 0 Å². The van der Waals surface area contributed by atoms with E-state index >= 15 is 0 Å². The third kappa shape index (κ3) is 4.84. The fraction of sp³-hybridized carbons (Fsp3) is 0.333. The van der Waals surface area contributed by atoms with Crippen molar-refractivity contribution >= 4 is 18.0 Å². The second-order valence-electron chi connectivity index (χ2n) is 5.53. The summed E-state index contributed by atoms with van der Waals surface area (Å²) in [5, 5.41) is 11.5. The minimum Gasteiger partial charge on any atom is -0.480 e. The molecule has 5 heteroatoms. The Bertz CT molecular complexity index is 515. The van der Waals surface area contributed by atoms with E-state index in [0.29, 0.717) is 5.56 Å². The van der Waals surface area contributed by atoms with Gasteiger partial charge in [0, 0.05) is 6.08 Å². The van der Waals surface area contributed by atoms with Crippen molar-refractivity contribution in [2.75, 3.05) is 0 Å². The lowest BCUT2D eigenvalue weighted by molar-refractivity contribution is -0.144. The molecule has 108 valence electrons. The van der Waals surface area contributed by atoms with E-state index in [1.807, 2.05) is 0 Å².